The number of oxazole rings is 1. The summed E-state index contributed by atoms with van der Waals surface area (Å²) in [5.74, 6) is 0.572. The molecule has 0 spiro atoms. The Labute approximate surface area is 87.3 Å². The molecule has 2 heterocycles. The molecule has 0 saturated heterocycles. The van der Waals surface area contributed by atoms with Crippen LogP contribution in [0.2, 0.25) is 0 Å². The van der Waals surface area contributed by atoms with Crippen molar-refractivity contribution in [3.63, 3.8) is 0 Å². The van der Waals surface area contributed by atoms with E-state index in [0.717, 1.165) is 19.0 Å². The first kappa shape index (κ1) is 10.1. The summed E-state index contributed by atoms with van der Waals surface area (Å²) in [6.07, 6.45) is 3.07. The number of pyridine rings is 1. The third kappa shape index (κ3) is 1.84. The first-order chi connectivity index (χ1) is 7.24. The Hall–Kier alpha value is -1.45. The third-order valence-electron chi connectivity index (χ3n) is 2.57. The summed E-state index contributed by atoms with van der Waals surface area (Å²) >= 11 is 0. The molecule has 0 aliphatic heterocycles. The normalized spacial score (nSPS) is 11.5. The monoisotopic (exact) mass is 208 g/mol. The predicted molar refractivity (Wildman–Crippen MR) is 55.1 cm³/mol. The van der Waals surface area contributed by atoms with Crippen LogP contribution in [0.1, 0.15) is 38.5 Å². The standard InChI is InChI=1S/C11H13FN2O/c1-3-7(4-2)10-14-9-5-8(12)6-13-11(9)15-10/h5-7H,3-4H2,1-2H3. The van der Waals surface area contributed by atoms with Gasteiger partial charge in [-0.3, -0.25) is 0 Å². The second kappa shape index (κ2) is 3.96. The van der Waals surface area contributed by atoms with Crippen LogP contribution in [0.25, 0.3) is 11.2 Å². The van der Waals surface area contributed by atoms with Crippen molar-refractivity contribution in [2.24, 2.45) is 0 Å². The highest BCUT2D eigenvalue weighted by atomic mass is 19.1. The SMILES string of the molecule is CCC(CC)c1nc2cc(F)cnc2o1. The van der Waals surface area contributed by atoms with Crippen LogP contribution in [0.15, 0.2) is 16.7 Å². The Morgan fingerprint density at radius 3 is 2.80 bits per heavy atom. The predicted octanol–water partition coefficient (Wildman–Crippen LogP) is 3.27. The van der Waals surface area contributed by atoms with Gasteiger partial charge in [0.1, 0.15) is 11.3 Å². The molecule has 0 aromatic carbocycles. The summed E-state index contributed by atoms with van der Waals surface area (Å²) in [4.78, 5) is 8.09. The third-order valence-corrected chi connectivity index (χ3v) is 2.57. The van der Waals surface area contributed by atoms with E-state index in [4.69, 9.17) is 4.42 Å². The van der Waals surface area contributed by atoms with Crippen molar-refractivity contribution in [3.8, 4) is 0 Å². The van der Waals surface area contributed by atoms with Crippen molar-refractivity contribution in [2.75, 3.05) is 0 Å². The lowest BCUT2D eigenvalue weighted by Crippen LogP contribution is -1.94. The van der Waals surface area contributed by atoms with Crippen LogP contribution in [-0.2, 0) is 0 Å². The molecule has 0 fully saturated rings. The second-order valence-corrected chi connectivity index (χ2v) is 3.54. The summed E-state index contributed by atoms with van der Waals surface area (Å²) in [6, 6.07) is 1.34. The Morgan fingerprint density at radius 2 is 2.13 bits per heavy atom. The van der Waals surface area contributed by atoms with Crippen molar-refractivity contribution in [1.29, 1.82) is 0 Å². The van der Waals surface area contributed by atoms with Gasteiger partial charge in [0.25, 0.3) is 0 Å². The van der Waals surface area contributed by atoms with Crippen LogP contribution < -0.4 is 0 Å². The molecule has 0 aliphatic carbocycles. The molecular weight excluding hydrogens is 195 g/mol. The molecule has 4 heteroatoms. The molecule has 0 unspecified atom stereocenters. The van der Waals surface area contributed by atoms with Gasteiger partial charge in [0.2, 0.25) is 11.6 Å². The van der Waals surface area contributed by atoms with Gasteiger partial charge in [-0.15, -0.1) is 0 Å². The zero-order chi connectivity index (χ0) is 10.8. The average molecular weight is 208 g/mol. The van der Waals surface area contributed by atoms with Crippen molar-refractivity contribution < 1.29 is 8.81 Å². The maximum Gasteiger partial charge on any atom is 0.247 e. The molecule has 2 rings (SSSR count). The van der Waals surface area contributed by atoms with E-state index in [9.17, 15) is 4.39 Å². The van der Waals surface area contributed by atoms with Gasteiger partial charge in [0.05, 0.1) is 6.20 Å². The van der Waals surface area contributed by atoms with Crippen molar-refractivity contribution in [1.82, 2.24) is 9.97 Å². The highest BCUT2D eigenvalue weighted by Crippen LogP contribution is 2.25. The Bertz CT molecular complexity index is 463. The molecule has 0 radical (unpaired) electrons. The molecule has 3 nitrogen and oxygen atoms in total. The van der Waals surface area contributed by atoms with Crippen molar-refractivity contribution in [2.45, 2.75) is 32.6 Å². The topological polar surface area (TPSA) is 38.9 Å². The van der Waals surface area contributed by atoms with E-state index in [1.54, 1.807) is 0 Å². The first-order valence-electron chi connectivity index (χ1n) is 5.16. The van der Waals surface area contributed by atoms with E-state index in [1.165, 1.54) is 6.07 Å². The van der Waals surface area contributed by atoms with Crippen LogP contribution >= 0.6 is 0 Å². The Kier molecular flexibility index (Phi) is 2.66. The minimum atomic E-state index is -0.383. The summed E-state index contributed by atoms with van der Waals surface area (Å²) in [5.41, 5.74) is 0.912. The van der Waals surface area contributed by atoms with Gasteiger partial charge >= 0.3 is 0 Å². The van der Waals surface area contributed by atoms with Crippen molar-refractivity contribution in [3.05, 3.63) is 24.0 Å². The smallest absolute Gasteiger partial charge is 0.247 e. The molecule has 2 aromatic heterocycles. The lowest BCUT2D eigenvalue weighted by atomic mass is 10.0. The summed E-state index contributed by atoms with van der Waals surface area (Å²) in [7, 11) is 0. The molecule has 80 valence electrons. The van der Waals surface area contributed by atoms with Gasteiger partial charge in [0.15, 0.2) is 0 Å². The number of hydrogen-bond acceptors (Lipinski definition) is 3. The van der Waals surface area contributed by atoms with Gasteiger partial charge in [-0.05, 0) is 12.8 Å². The number of rotatable bonds is 3. The first-order valence-corrected chi connectivity index (χ1v) is 5.16. The number of nitrogens with zero attached hydrogens (tertiary/aromatic N) is 2. The minimum Gasteiger partial charge on any atom is -0.422 e. The number of aromatic nitrogens is 2. The van der Waals surface area contributed by atoms with Crippen LogP contribution in [0, 0.1) is 5.82 Å². The highest BCUT2D eigenvalue weighted by molar-refractivity contribution is 5.67. The maximum atomic E-state index is 12.9. The number of fused-ring (bicyclic) bond motifs is 1. The molecule has 0 bridgehead atoms. The molecule has 0 amide bonds. The molecule has 0 aliphatic rings. The summed E-state index contributed by atoms with van der Waals surface area (Å²) in [6.45, 7) is 4.16. The molecule has 2 aromatic rings. The zero-order valence-electron chi connectivity index (χ0n) is 8.83. The largest absolute Gasteiger partial charge is 0.422 e. The molecule has 0 N–H and O–H groups in total. The van der Waals surface area contributed by atoms with Crippen LogP contribution in [0.4, 0.5) is 4.39 Å². The lowest BCUT2D eigenvalue weighted by Gasteiger charge is -2.05. The van der Waals surface area contributed by atoms with E-state index in [-0.39, 0.29) is 5.82 Å². The average Bonchev–Trinajstić information content (AvgIpc) is 2.62. The van der Waals surface area contributed by atoms with E-state index in [2.05, 4.69) is 23.8 Å². The van der Waals surface area contributed by atoms with Crippen LogP contribution in [-0.4, -0.2) is 9.97 Å². The molecular formula is C11H13FN2O. The fraction of sp³-hybridized carbons (Fsp3) is 0.455. The highest BCUT2D eigenvalue weighted by Gasteiger charge is 2.15. The van der Waals surface area contributed by atoms with Gasteiger partial charge in [-0.1, -0.05) is 13.8 Å². The number of halogens is 1. The van der Waals surface area contributed by atoms with E-state index < -0.39 is 0 Å². The van der Waals surface area contributed by atoms with E-state index >= 15 is 0 Å². The van der Waals surface area contributed by atoms with Gasteiger partial charge in [-0.2, -0.15) is 0 Å². The molecule has 0 saturated carbocycles. The van der Waals surface area contributed by atoms with Gasteiger partial charge in [0, 0.05) is 12.0 Å². The zero-order valence-corrected chi connectivity index (χ0v) is 8.83. The molecule has 15 heavy (non-hydrogen) atoms. The van der Waals surface area contributed by atoms with Crippen LogP contribution in [0.3, 0.4) is 0 Å². The fourth-order valence-corrected chi connectivity index (χ4v) is 1.63. The Morgan fingerprint density at radius 1 is 1.40 bits per heavy atom. The fourth-order valence-electron chi connectivity index (χ4n) is 1.63. The van der Waals surface area contributed by atoms with Gasteiger partial charge < -0.3 is 4.42 Å². The molecule has 0 atom stereocenters. The van der Waals surface area contributed by atoms with Crippen LogP contribution in [0.5, 0.6) is 0 Å². The van der Waals surface area contributed by atoms with E-state index in [0.29, 0.717) is 23.0 Å². The number of hydrogen-bond donors (Lipinski definition) is 0. The second-order valence-electron chi connectivity index (χ2n) is 3.54. The minimum absolute atomic E-state index is 0.294. The van der Waals surface area contributed by atoms with Crippen molar-refractivity contribution >= 4 is 11.2 Å². The summed E-state index contributed by atoms with van der Waals surface area (Å²) in [5, 5.41) is 0. The Balaban J connectivity index is 2.46. The quantitative estimate of drug-likeness (QED) is 0.777. The summed E-state index contributed by atoms with van der Waals surface area (Å²) < 4.78 is 18.3. The van der Waals surface area contributed by atoms with E-state index in [1.807, 2.05) is 0 Å². The lowest BCUT2D eigenvalue weighted by molar-refractivity contribution is 0.448. The van der Waals surface area contributed by atoms with Gasteiger partial charge in [-0.25, -0.2) is 14.4 Å². The maximum absolute atomic E-state index is 12.9.